The molecule has 1 aromatic rings. The number of halogens is 1. The average Bonchev–Trinajstić information content (AvgIpc) is 2.34. The van der Waals surface area contributed by atoms with E-state index in [-0.39, 0.29) is 5.91 Å². The maximum atomic E-state index is 12.2. The van der Waals surface area contributed by atoms with Crippen molar-refractivity contribution in [1.29, 1.82) is 5.26 Å². The van der Waals surface area contributed by atoms with E-state index < -0.39 is 5.54 Å². The van der Waals surface area contributed by atoms with Crippen molar-refractivity contribution in [3.8, 4) is 11.8 Å². The third-order valence-corrected chi connectivity index (χ3v) is 3.50. The fourth-order valence-electron chi connectivity index (χ4n) is 2.04. The van der Waals surface area contributed by atoms with Gasteiger partial charge >= 0.3 is 0 Å². The van der Waals surface area contributed by atoms with E-state index in [1.54, 1.807) is 18.2 Å². The highest BCUT2D eigenvalue weighted by Gasteiger charge is 2.39. The van der Waals surface area contributed by atoms with Gasteiger partial charge in [-0.05, 0) is 44.4 Å². The van der Waals surface area contributed by atoms with Crippen molar-refractivity contribution >= 4 is 17.5 Å². The fourth-order valence-corrected chi connectivity index (χ4v) is 2.20. The van der Waals surface area contributed by atoms with E-state index >= 15 is 0 Å². The van der Waals surface area contributed by atoms with Gasteiger partial charge in [-0.3, -0.25) is 4.79 Å². The first-order chi connectivity index (χ1) is 9.10. The number of nitrogens with zero attached hydrogens (tertiary/aromatic N) is 1. The van der Waals surface area contributed by atoms with Gasteiger partial charge in [0.25, 0.3) is 5.91 Å². The third-order valence-electron chi connectivity index (χ3n) is 3.26. The zero-order chi connectivity index (χ0) is 13.9. The quantitative estimate of drug-likeness (QED) is 0.921. The Balaban J connectivity index is 2.21. The van der Waals surface area contributed by atoms with Gasteiger partial charge in [-0.2, -0.15) is 5.26 Å². The average molecular weight is 279 g/mol. The summed E-state index contributed by atoms with van der Waals surface area (Å²) >= 11 is 5.89. The van der Waals surface area contributed by atoms with Gasteiger partial charge in [0.15, 0.2) is 0 Å². The molecule has 19 heavy (non-hydrogen) atoms. The van der Waals surface area contributed by atoms with Crippen molar-refractivity contribution in [1.82, 2.24) is 5.32 Å². The summed E-state index contributed by atoms with van der Waals surface area (Å²) in [6.07, 6.45) is 2.37. The summed E-state index contributed by atoms with van der Waals surface area (Å²) in [5.41, 5.74) is -0.298. The molecule has 0 radical (unpaired) electrons. The second-order valence-corrected chi connectivity index (χ2v) is 5.01. The minimum atomic E-state index is -0.708. The third kappa shape index (κ3) is 2.82. The van der Waals surface area contributed by atoms with Gasteiger partial charge in [-0.25, -0.2) is 0 Å². The summed E-state index contributed by atoms with van der Waals surface area (Å²) in [4.78, 5) is 12.2. The summed E-state index contributed by atoms with van der Waals surface area (Å²) in [6.45, 7) is 2.29. The van der Waals surface area contributed by atoms with E-state index in [1.165, 1.54) is 0 Å². The Labute approximate surface area is 117 Å². The van der Waals surface area contributed by atoms with E-state index in [2.05, 4.69) is 11.4 Å². The molecule has 0 aliphatic heterocycles. The van der Waals surface area contributed by atoms with Gasteiger partial charge in [0.2, 0.25) is 0 Å². The molecule has 0 bridgehead atoms. The second kappa shape index (κ2) is 5.50. The number of nitrogens with one attached hydrogen (secondary N) is 1. The van der Waals surface area contributed by atoms with E-state index in [1.807, 2.05) is 6.92 Å². The van der Waals surface area contributed by atoms with E-state index in [4.69, 9.17) is 21.6 Å². The maximum Gasteiger partial charge on any atom is 0.256 e. The van der Waals surface area contributed by atoms with Gasteiger partial charge < -0.3 is 10.1 Å². The van der Waals surface area contributed by atoms with Crippen LogP contribution in [0.2, 0.25) is 5.02 Å². The highest BCUT2D eigenvalue weighted by Crippen LogP contribution is 2.32. The minimum Gasteiger partial charge on any atom is -0.493 e. The van der Waals surface area contributed by atoms with Crippen LogP contribution in [-0.4, -0.2) is 18.1 Å². The topological polar surface area (TPSA) is 62.1 Å². The fraction of sp³-hybridized carbons (Fsp3) is 0.429. The van der Waals surface area contributed by atoms with Crippen molar-refractivity contribution < 1.29 is 9.53 Å². The van der Waals surface area contributed by atoms with Crippen LogP contribution < -0.4 is 10.1 Å². The van der Waals surface area contributed by atoms with Crippen molar-refractivity contribution in [3.63, 3.8) is 0 Å². The number of nitriles is 1. The number of hydrogen-bond acceptors (Lipinski definition) is 3. The Morgan fingerprint density at radius 3 is 2.84 bits per heavy atom. The lowest BCUT2D eigenvalue weighted by atomic mass is 9.78. The second-order valence-electron chi connectivity index (χ2n) is 4.58. The van der Waals surface area contributed by atoms with E-state index in [0.29, 0.717) is 35.8 Å². The van der Waals surface area contributed by atoms with Gasteiger partial charge in [0.05, 0.1) is 18.2 Å². The Morgan fingerprint density at radius 2 is 2.32 bits per heavy atom. The largest absolute Gasteiger partial charge is 0.493 e. The number of hydrogen-bond donors (Lipinski definition) is 1. The predicted octanol–water partition coefficient (Wildman–Crippen LogP) is 2.91. The van der Waals surface area contributed by atoms with Crippen LogP contribution in [0.15, 0.2) is 18.2 Å². The zero-order valence-electron chi connectivity index (χ0n) is 10.7. The van der Waals surface area contributed by atoms with Crippen LogP contribution in [0.5, 0.6) is 5.75 Å². The molecule has 1 aromatic carbocycles. The summed E-state index contributed by atoms with van der Waals surface area (Å²) in [5, 5.41) is 12.4. The van der Waals surface area contributed by atoms with Crippen LogP contribution in [0.1, 0.15) is 36.5 Å². The van der Waals surface area contributed by atoms with Crippen LogP contribution in [-0.2, 0) is 0 Å². The number of carbonyl (C=O) groups excluding carboxylic acids is 1. The molecule has 1 N–H and O–H groups in total. The molecule has 2 rings (SSSR count). The van der Waals surface area contributed by atoms with Crippen molar-refractivity contribution in [2.75, 3.05) is 6.61 Å². The Morgan fingerprint density at radius 1 is 1.58 bits per heavy atom. The molecule has 100 valence electrons. The monoisotopic (exact) mass is 278 g/mol. The van der Waals surface area contributed by atoms with Gasteiger partial charge in [-0.1, -0.05) is 11.6 Å². The molecular weight excluding hydrogens is 264 g/mol. The summed E-state index contributed by atoms with van der Waals surface area (Å²) in [5.74, 6) is 0.154. The molecule has 0 heterocycles. The summed E-state index contributed by atoms with van der Waals surface area (Å²) in [6, 6.07) is 7.05. The molecule has 0 saturated heterocycles. The van der Waals surface area contributed by atoms with Gasteiger partial charge in [0, 0.05) is 5.02 Å². The van der Waals surface area contributed by atoms with Crippen LogP contribution in [0.25, 0.3) is 0 Å². The number of benzene rings is 1. The molecule has 1 saturated carbocycles. The Kier molecular flexibility index (Phi) is 3.96. The molecule has 0 aromatic heterocycles. The Hall–Kier alpha value is -1.73. The highest BCUT2D eigenvalue weighted by atomic mass is 35.5. The molecule has 1 aliphatic rings. The molecule has 0 unspecified atom stereocenters. The first-order valence-corrected chi connectivity index (χ1v) is 6.64. The zero-order valence-corrected chi connectivity index (χ0v) is 11.5. The van der Waals surface area contributed by atoms with Gasteiger partial charge in [0.1, 0.15) is 11.3 Å². The first-order valence-electron chi connectivity index (χ1n) is 6.26. The molecule has 0 spiro atoms. The standard InChI is InChI=1S/C14H15ClN2O2/c1-2-19-12-8-10(15)4-5-11(12)13(18)17-14(9-16)6-3-7-14/h4-5,8H,2-3,6-7H2,1H3,(H,17,18). The lowest BCUT2D eigenvalue weighted by Gasteiger charge is -2.35. The Bertz CT molecular complexity index is 533. The number of amides is 1. The molecule has 0 atom stereocenters. The number of ether oxygens (including phenoxy) is 1. The molecule has 1 fully saturated rings. The number of carbonyl (C=O) groups is 1. The van der Waals surface area contributed by atoms with E-state index in [9.17, 15) is 4.79 Å². The van der Waals surface area contributed by atoms with Crippen molar-refractivity contribution in [3.05, 3.63) is 28.8 Å². The summed E-state index contributed by atoms with van der Waals surface area (Å²) in [7, 11) is 0. The number of rotatable bonds is 4. The minimum absolute atomic E-state index is 0.290. The van der Waals surface area contributed by atoms with Crippen LogP contribution in [0.3, 0.4) is 0 Å². The van der Waals surface area contributed by atoms with Crippen LogP contribution in [0.4, 0.5) is 0 Å². The normalized spacial score (nSPS) is 16.1. The lowest BCUT2D eigenvalue weighted by molar-refractivity contribution is 0.0877. The van der Waals surface area contributed by atoms with E-state index in [0.717, 1.165) is 6.42 Å². The molecule has 1 aliphatic carbocycles. The smallest absolute Gasteiger partial charge is 0.256 e. The van der Waals surface area contributed by atoms with Crippen molar-refractivity contribution in [2.24, 2.45) is 0 Å². The lowest BCUT2D eigenvalue weighted by Crippen LogP contribution is -2.52. The van der Waals surface area contributed by atoms with Crippen LogP contribution >= 0.6 is 11.6 Å². The predicted molar refractivity (Wildman–Crippen MR) is 72.3 cm³/mol. The SMILES string of the molecule is CCOc1cc(Cl)ccc1C(=O)NC1(C#N)CCC1. The van der Waals surface area contributed by atoms with Crippen LogP contribution in [0, 0.1) is 11.3 Å². The first kappa shape index (κ1) is 13.7. The molecule has 1 amide bonds. The summed E-state index contributed by atoms with van der Waals surface area (Å²) < 4.78 is 5.41. The van der Waals surface area contributed by atoms with Gasteiger partial charge in [-0.15, -0.1) is 0 Å². The molecular formula is C14H15ClN2O2. The molecule has 4 nitrogen and oxygen atoms in total. The highest BCUT2D eigenvalue weighted by molar-refractivity contribution is 6.30. The maximum absolute atomic E-state index is 12.2. The van der Waals surface area contributed by atoms with Crippen molar-refractivity contribution in [2.45, 2.75) is 31.7 Å². The molecule has 5 heteroatoms.